The van der Waals surface area contributed by atoms with Crippen molar-refractivity contribution in [3.63, 3.8) is 0 Å². The number of hydrogen-bond acceptors (Lipinski definition) is 2. The fourth-order valence-electron chi connectivity index (χ4n) is 3.12. The predicted molar refractivity (Wildman–Crippen MR) is 70.9 cm³/mol. The monoisotopic (exact) mass is 235 g/mol. The van der Waals surface area contributed by atoms with Crippen LogP contribution in [0.1, 0.15) is 56.8 Å². The number of aryl methyl sites for hydroxylation is 2. The molecule has 1 aliphatic carbocycles. The molecule has 1 N–H and O–H groups in total. The largest absolute Gasteiger partial charge is 0.307 e. The van der Waals surface area contributed by atoms with Crippen LogP contribution < -0.4 is 5.32 Å². The van der Waals surface area contributed by atoms with Crippen LogP contribution in [0.4, 0.5) is 0 Å². The molecular weight excluding hydrogens is 210 g/mol. The molecule has 0 radical (unpaired) electrons. The van der Waals surface area contributed by atoms with Gasteiger partial charge in [-0.1, -0.05) is 12.8 Å². The van der Waals surface area contributed by atoms with E-state index in [1.807, 2.05) is 11.7 Å². The van der Waals surface area contributed by atoms with Gasteiger partial charge in [0.1, 0.15) is 0 Å². The number of aromatic nitrogens is 2. The van der Waals surface area contributed by atoms with E-state index in [0.29, 0.717) is 12.1 Å². The molecule has 2 rings (SSSR count). The molecule has 17 heavy (non-hydrogen) atoms. The molecule has 3 nitrogen and oxygen atoms in total. The lowest BCUT2D eigenvalue weighted by atomic mass is 9.98. The molecule has 0 aromatic carbocycles. The molecule has 3 heteroatoms. The Hall–Kier alpha value is -0.830. The van der Waals surface area contributed by atoms with Crippen LogP contribution in [0.5, 0.6) is 0 Å². The van der Waals surface area contributed by atoms with Gasteiger partial charge in [-0.2, -0.15) is 5.10 Å². The molecule has 0 bridgehead atoms. The molecule has 1 heterocycles. The van der Waals surface area contributed by atoms with E-state index in [1.54, 1.807) is 0 Å². The lowest BCUT2D eigenvalue weighted by Crippen LogP contribution is -2.34. The predicted octanol–water partition coefficient (Wildman–Crippen LogP) is 2.96. The van der Waals surface area contributed by atoms with Crippen LogP contribution in [0.2, 0.25) is 0 Å². The van der Waals surface area contributed by atoms with E-state index in [-0.39, 0.29) is 0 Å². The average Bonchev–Trinajstić information content (AvgIpc) is 2.87. The van der Waals surface area contributed by atoms with Gasteiger partial charge in [-0.3, -0.25) is 4.68 Å². The van der Waals surface area contributed by atoms with Gasteiger partial charge < -0.3 is 5.32 Å². The van der Waals surface area contributed by atoms with E-state index in [0.717, 1.165) is 11.6 Å². The van der Waals surface area contributed by atoms with E-state index in [1.165, 1.54) is 31.2 Å². The van der Waals surface area contributed by atoms with Crippen molar-refractivity contribution in [2.45, 2.75) is 58.5 Å². The summed E-state index contributed by atoms with van der Waals surface area (Å²) in [6.07, 6.45) is 7.75. The van der Waals surface area contributed by atoms with Gasteiger partial charge in [0.2, 0.25) is 0 Å². The molecule has 1 aromatic heterocycles. The molecular formula is C14H25N3. The van der Waals surface area contributed by atoms with Gasteiger partial charge in [-0.05, 0) is 39.5 Å². The number of nitrogens with zero attached hydrogens (tertiary/aromatic N) is 2. The highest BCUT2D eigenvalue weighted by molar-refractivity contribution is 5.19. The third-order valence-corrected chi connectivity index (χ3v) is 4.14. The second kappa shape index (κ2) is 5.21. The highest BCUT2D eigenvalue weighted by atomic mass is 15.3. The van der Waals surface area contributed by atoms with Crippen LogP contribution >= 0.6 is 0 Å². The molecule has 0 saturated heterocycles. The van der Waals surface area contributed by atoms with E-state index >= 15 is 0 Å². The van der Waals surface area contributed by atoms with Gasteiger partial charge in [-0.15, -0.1) is 0 Å². The van der Waals surface area contributed by atoms with Crippen molar-refractivity contribution in [1.82, 2.24) is 15.1 Å². The maximum Gasteiger partial charge on any atom is 0.0641 e. The number of rotatable bonds is 4. The number of nitrogens with one attached hydrogen (secondary N) is 1. The molecule has 96 valence electrons. The van der Waals surface area contributed by atoms with Gasteiger partial charge >= 0.3 is 0 Å². The third-order valence-electron chi connectivity index (χ3n) is 4.14. The van der Waals surface area contributed by atoms with Crippen LogP contribution in [0, 0.1) is 12.8 Å². The van der Waals surface area contributed by atoms with Gasteiger partial charge in [-0.25, -0.2) is 0 Å². The first-order valence-corrected chi connectivity index (χ1v) is 6.84. The molecule has 1 aliphatic rings. The van der Waals surface area contributed by atoms with Gasteiger partial charge in [0.05, 0.1) is 5.69 Å². The smallest absolute Gasteiger partial charge is 0.0641 e. The molecule has 2 atom stereocenters. The standard InChI is InChI=1S/C14H25N3/c1-10(13-7-5-6-8-13)15-11(2)14-9-17(4)16-12(14)3/h9-11,13,15H,5-8H2,1-4H3/t10-,11?/m0/s1. The molecule has 0 aliphatic heterocycles. The summed E-state index contributed by atoms with van der Waals surface area (Å²) in [5.74, 6) is 0.870. The second-order valence-corrected chi connectivity index (χ2v) is 5.57. The van der Waals surface area contributed by atoms with E-state index < -0.39 is 0 Å². The minimum atomic E-state index is 0.402. The molecule has 1 unspecified atom stereocenters. The minimum absolute atomic E-state index is 0.402. The Labute approximate surface area is 105 Å². The van der Waals surface area contributed by atoms with Gasteiger partial charge in [0.15, 0.2) is 0 Å². The molecule has 1 fully saturated rings. The van der Waals surface area contributed by atoms with Crippen molar-refractivity contribution >= 4 is 0 Å². The molecule has 0 spiro atoms. The Morgan fingerprint density at radius 1 is 1.35 bits per heavy atom. The Balaban J connectivity index is 1.96. The van der Waals surface area contributed by atoms with Crippen molar-refractivity contribution < 1.29 is 0 Å². The quantitative estimate of drug-likeness (QED) is 0.869. The summed E-state index contributed by atoms with van der Waals surface area (Å²) in [6.45, 7) is 6.67. The normalized spacial score (nSPS) is 20.7. The van der Waals surface area contributed by atoms with E-state index in [4.69, 9.17) is 0 Å². The average molecular weight is 235 g/mol. The fourth-order valence-corrected chi connectivity index (χ4v) is 3.12. The van der Waals surface area contributed by atoms with Crippen LogP contribution in [0.3, 0.4) is 0 Å². The Morgan fingerprint density at radius 2 is 2.00 bits per heavy atom. The van der Waals surface area contributed by atoms with Gasteiger partial charge in [0, 0.05) is 30.9 Å². The third kappa shape index (κ3) is 2.89. The van der Waals surface area contributed by atoms with Crippen molar-refractivity contribution in [3.8, 4) is 0 Å². The molecule has 1 saturated carbocycles. The fraction of sp³-hybridized carbons (Fsp3) is 0.786. The zero-order valence-electron chi connectivity index (χ0n) is 11.5. The van der Waals surface area contributed by atoms with Crippen molar-refractivity contribution in [1.29, 1.82) is 0 Å². The molecule has 1 aromatic rings. The van der Waals surface area contributed by atoms with Crippen molar-refractivity contribution in [3.05, 3.63) is 17.5 Å². The van der Waals surface area contributed by atoms with Crippen LogP contribution in [-0.2, 0) is 7.05 Å². The van der Waals surface area contributed by atoms with Crippen LogP contribution in [0.15, 0.2) is 6.20 Å². The topological polar surface area (TPSA) is 29.9 Å². The minimum Gasteiger partial charge on any atom is -0.307 e. The second-order valence-electron chi connectivity index (χ2n) is 5.57. The van der Waals surface area contributed by atoms with E-state index in [2.05, 4.69) is 37.4 Å². The maximum absolute atomic E-state index is 4.41. The zero-order valence-corrected chi connectivity index (χ0v) is 11.5. The summed E-state index contributed by atoms with van der Waals surface area (Å²) in [4.78, 5) is 0. The maximum atomic E-state index is 4.41. The Bertz CT molecular complexity index is 364. The summed E-state index contributed by atoms with van der Waals surface area (Å²) in [5, 5.41) is 8.15. The Morgan fingerprint density at radius 3 is 2.53 bits per heavy atom. The van der Waals surface area contributed by atoms with Crippen LogP contribution in [0.25, 0.3) is 0 Å². The van der Waals surface area contributed by atoms with Crippen molar-refractivity contribution in [2.24, 2.45) is 13.0 Å². The number of hydrogen-bond donors (Lipinski definition) is 1. The lowest BCUT2D eigenvalue weighted by Gasteiger charge is -2.24. The Kier molecular flexibility index (Phi) is 3.87. The highest BCUT2D eigenvalue weighted by Gasteiger charge is 2.23. The first kappa shape index (κ1) is 12.6. The molecule has 0 amide bonds. The van der Waals surface area contributed by atoms with Crippen LogP contribution in [-0.4, -0.2) is 15.8 Å². The SMILES string of the molecule is Cc1nn(C)cc1C(C)N[C@@H](C)C1CCCC1. The summed E-state index contributed by atoms with van der Waals surface area (Å²) >= 11 is 0. The summed E-state index contributed by atoms with van der Waals surface area (Å²) in [7, 11) is 1.99. The van der Waals surface area contributed by atoms with Crippen molar-refractivity contribution in [2.75, 3.05) is 0 Å². The summed E-state index contributed by atoms with van der Waals surface area (Å²) in [5.41, 5.74) is 2.48. The highest BCUT2D eigenvalue weighted by Crippen LogP contribution is 2.29. The van der Waals surface area contributed by atoms with E-state index in [9.17, 15) is 0 Å². The summed E-state index contributed by atoms with van der Waals surface area (Å²) in [6, 6.07) is 1.02. The summed E-state index contributed by atoms with van der Waals surface area (Å²) < 4.78 is 1.91. The first-order chi connectivity index (χ1) is 8.08. The zero-order chi connectivity index (χ0) is 12.4. The van der Waals surface area contributed by atoms with Gasteiger partial charge in [0.25, 0.3) is 0 Å². The lowest BCUT2D eigenvalue weighted by molar-refractivity contribution is 0.352. The first-order valence-electron chi connectivity index (χ1n) is 6.84.